The van der Waals surface area contributed by atoms with Crippen LogP contribution in [0.2, 0.25) is 0 Å². The molecule has 2 heterocycles. The Bertz CT molecular complexity index is 650. The maximum absolute atomic E-state index is 12.6. The van der Waals surface area contributed by atoms with Crippen molar-refractivity contribution in [2.24, 2.45) is 10.9 Å². The average molecular weight is 426 g/mol. The van der Waals surface area contributed by atoms with E-state index in [1.165, 1.54) is 12.8 Å². The Morgan fingerprint density at radius 1 is 1.04 bits per heavy atom. The van der Waals surface area contributed by atoms with Crippen LogP contribution in [0.25, 0.3) is 0 Å². The van der Waals surface area contributed by atoms with E-state index in [0.29, 0.717) is 35.7 Å². The lowest BCUT2D eigenvalue weighted by Crippen LogP contribution is -2.50. The zero-order valence-corrected chi connectivity index (χ0v) is 17.0. The van der Waals surface area contributed by atoms with Gasteiger partial charge in [-0.25, -0.2) is 8.42 Å². The topological polar surface area (TPSA) is 77.0 Å². The molecule has 0 atom stereocenters. The van der Waals surface area contributed by atoms with Gasteiger partial charge in [0, 0.05) is 51.9 Å². The van der Waals surface area contributed by atoms with Crippen molar-refractivity contribution in [3.05, 3.63) is 0 Å². The van der Waals surface area contributed by atoms with Crippen LogP contribution in [0, 0.1) is 5.92 Å². The van der Waals surface area contributed by atoms with Gasteiger partial charge in [0.05, 0.1) is 0 Å². The van der Waals surface area contributed by atoms with Crippen LogP contribution in [0.5, 0.6) is 0 Å². The van der Waals surface area contributed by atoms with Gasteiger partial charge in [-0.3, -0.25) is 4.99 Å². The molecule has 162 valence electrons. The van der Waals surface area contributed by atoms with Gasteiger partial charge in [-0.1, -0.05) is 0 Å². The molecule has 1 saturated carbocycles. The Balaban J connectivity index is 1.38. The normalized spacial score (nSPS) is 25.1. The SMILES string of the molecule is CN=C(NCC1CCN(S(=O)(=O)C(F)(F)F)CC1)NC1CCN(C2CC2)CC1. The highest BCUT2D eigenvalue weighted by Gasteiger charge is 2.50. The quantitative estimate of drug-likeness (QED) is 0.514. The van der Waals surface area contributed by atoms with Gasteiger partial charge in [0.15, 0.2) is 5.96 Å². The molecule has 0 radical (unpaired) electrons. The van der Waals surface area contributed by atoms with E-state index < -0.39 is 15.5 Å². The number of likely N-dealkylation sites (tertiary alicyclic amines) is 1. The van der Waals surface area contributed by atoms with E-state index in [-0.39, 0.29) is 19.0 Å². The van der Waals surface area contributed by atoms with Crippen LogP contribution in [-0.4, -0.2) is 80.9 Å². The number of halogens is 3. The largest absolute Gasteiger partial charge is 0.511 e. The van der Waals surface area contributed by atoms with Crippen molar-refractivity contribution in [3.63, 3.8) is 0 Å². The number of rotatable bonds is 5. The fourth-order valence-corrected chi connectivity index (χ4v) is 4.96. The second-order valence-corrected chi connectivity index (χ2v) is 9.86. The van der Waals surface area contributed by atoms with Crippen molar-refractivity contribution in [2.45, 2.75) is 56.1 Å². The molecule has 11 heteroatoms. The first-order valence-electron chi connectivity index (χ1n) is 9.98. The molecule has 28 heavy (non-hydrogen) atoms. The Morgan fingerprint density at radius 2 is 1.64 bits per heavy atom. The third kappa shape index (κ3) is 5.29. The van der Waals surface area contributed by atoms with Crippen LogP contribution in [0.3, 0.4) is 0 Å². The maximum atomic E-state index is 12.6. The van der Waals surface area contributed by atoms with E-state index in [4.69, 9.17) is 0 Å². The molecule has 0 aromatic carbocycles. The van der Waals surface area contributed by atoms with Crippen LogP contribution in [-0.2, 0) is 10.0 Å². The second kappa shape index (κ2) is 8.74. The summed E-state index contributed by atoms with van der Waals surface area (Å²) in [5, 5.41) is 6.69. The number of hydrogen-bond donors (Lipinski definition) is 2. The fourth-order valence-electron chi connectivity index (χ4n) is 3.98. The van der Waals surface area contributed by atoms with E-state index in [2.05, 4.69) is 20.5 Å². The van der Waals surface area contributed by atoms with Gasteiger partial charge < -0.3 is 15.5 Å². The molecular weight excluding hydrogens is 395 g/mol. The van der Waals surface area contributed by atoms with Crippen molar-refractivity contribution < 1.29 is 21.6 Å². The number of alkyl halides is 3. The summed E-state index contributed by atoms with van der Waals surface area (Å²) < 4.78 is 61.4. The Kier molecular flexibility index (Phi) is 6.76. The highest BCUT2D eigenvalue weighted by atomic mass is 32.2. The smallest absolute Gasteiger partial charge is 0.356 e. The molecule has 1 aliphatic carbocycles. The molecule has 0 aromatic rings. The molecule has 2 saturated heterocycles. The van der Waals surface area contributed by atoms with E-state index in [0.717, 1.165) is 32.0 Å². The number of piperidine rings is 2. The first kappa shape index (κ1) is 21.6. The molecule has 0 bridgehead atoms. The highest BCUT2D eigenvalue weighted by molar-refractivity contribution is 7.90. The van der Waals surface area contributed by atoms with Crippen molar-refractivity contribution in [3.8, 4) is 0 Å². The van der Waals surface area contributed by atoms with Crippen LogP contribution in [0.1, 0.15) is 38.5 Å². The lowest BCUT2D eigenvalue weighted by Gasteiger charge is -2.34. The molecule has 0 spiro atoms. The van der Waals surface area contributed by atoms with Gasteiger partial charge in [-0.05, 0) is 44.4 Å². The summed E-state index contributed by atoms with van der Waals surface area (Å²) in [5.74, 6) is 0.824. The number of guanidine groups is 1. The monoisotopic (exact) mass is 425 g/mol. The highest BCUT2D eigenvalue weighted by Crippen LogP contribution is 2.30. The first-order chi connectivity index (χ1) is 13.2. The van der Waals surface area contributed by atoms with Crippen molar-refractivity contribution in [2.75, 3.05) is 39.8 Å². The Morgan fingerprint density at radius 3 is 2.14 bits per heavy atom. The minimum absolute atomic E-state index is 0.0974. The Labute approximate surface area is 164 Å². The zero-order valence-electron chi connectivity index (χ0n) is 16.2. The molecule has 0 aromatic heterocycles. The molecule has 2 aliphatic heterocycles. The average Bonchev–Trinajstić information content (AvgIpc) is 3.50. The standard InChI is InChI=1S/C17H30F3N5O2S/c1-21-16(23-14-6-8-24(9-7-14)15-2-3-15)22-12-13-4-10-25(11-5-13)28(26,27)17(18,19)20/h13-15H,2-12H2,1H3,(H2,21,22,23). The van der Waals surface area contributed by atoms with Crippen LogP contribution < -0.4 is 10.6 Å². The third-order valence-corrected chi connectivity index (χ3v) is 7.55. The van der Waals surface area contributed by atoms with E-state index >= 15 is 0 Å². The summed E-state index contributed by atoms with van der Waals surface area (Å²) in [4.78, 5) is 6.80. The first-order valence-corrected chi connectivity index (χ1v) is 11.4. The van der Waals surface area contributed by atoms with Crippen molar-refractivity contribution in [1.82, 2.24) is 19.8 Å². The van der Waals surface area contributed by atoms with Gasteiger partial charge in [-0.15, -0.1) is 0 Å². The molecule has 7 nitrogen and oxygen atoms in total. The molecule has 2 N–H and O–H groups in total. The minimum Gasteiger partial charge on any atom is -0.356 e. The third-order valence-electron chi connectivity index (χ3n) is 5.92. The summed E-state index contributed by atoms with van der Waals surface area (Å²) in [5.41, 5.74) is -5.22. The molecule has 3 aliphatic rings. The van der Waals surface area contributed by atoms with Gasteiger partial charge in [-0.2, -0.15) is 17.5 Å². The van der Waals surface area contributed by atoms with E-state index in [9.17, 15) is 21.6 Å². The molecule has 0 unspecified atom stereocenters. The summed E-state index contributed by atoms with van der Waals surface area (Å²) in [7, 11) is -3.51. The van der Waals surface area contributed by atoms with E-state index in [1.807, 2.05) is 0 Å². The number of sulfonamides is 1. The fraction of sp³-hybridized carbons (Fsp3) is 0.941. The number of nitrogens with zero attached hydrogens (tertiary/aromatic N) is 3. The zero-order chi connectivity index (χ0) is 20.4. The lowest BCUT2D eigenvalue weighted by atomic mass is 9.98. The number of aliphatic imine (C=N–C) groups is 1. The molecular formula is C17H30F3N5O2S. The number of nitrogens with one attached hydrogen (secondary N) is 2. The Hall–Kier alpha value is -1.07. The van der Waals surface area contributed by atoms with E-state index in [1.54, 1.807) is 7.05 Å². The summed E-state index contributed by atoms with van der Waals surface area (Å²) in [6, 6.07) is 1.17. The van der Waals surface area contributed by atoms with Crippen LogP contribution in [0.15, 0.2) is 4.99 Å². The van der Waals surface area contributed by atoms with Gasteiger partial charge in [0.1, 0.15) is 0 Å². The predicted octanol–water partition coefficient (Wildman–Crippen LogP) is 1.34. The maximum Gasteiger partial charge on any atom is 0.511 e. The van der Waals surface area contributed by atoms with Crippen LogP contribution in [0.4, 0.5) is 13.2 Å². The van der Waals surface area contributed by atoms with Crippen molar-refractivity contribution in [1.29, 1.82) is 0 Å². The minimum atomic E-state index is -5.22. The van der Waals surface area contributed by atoms with Gasteiger partial charge in [0.25, 0.3) is 0 Å². The molecule has 0 amide bonds. The van der Waals surface area contributed by atoms with Crippen LogP contribution >= 0.6 is 0 Å². The molecule has 3 rings (SSSR count). The second-order valence-electron chi connectivity index (χ2n) is 7.93. The predicted molar refractivity (Wildman–Crippen MR) is 101 cm³/mol. The molecule has 3 fully saturated rings. The number of hydrogen-bond acceptors (Lipinski definition) is 4. The summed E-state index contributed by atoms with van der Waals surface area (Å²) in [6.07, 6.45) is 5.60. The summed E-state index contributed by atoms with van der Waals surface area (Å²) in [6.45, 7) is 2.58. The summed E-state index contributed by atoms with van der Waals surface area (Å²) >= 11 is 0. The van der Waals surface area contributed by atoms with Gasteiger partial charge in [0.2, 0.25) is 0 Å². The van der Waals surface area contributed by atoms with Gasteiger partial charge >= 0.3 is 15.5 Å². The lowest BCUT2D eigenvalue weighted by molar-refractivity contribution is -0.0496. The van der Waals surface area contributed by atoms with Crippen molar-refractivity contribution >= 4 is 16.0 Å².